The fourth-order valence-electron chi connectivity index (χ4n) is 2.51. The van der Waals surface area contributed by atoms with Crippen molar-refractivity contribution in [2.75, 3.05) is 11.5 Å². The summed E-state index contributed by atoms with van der Waals surface area (Å²) in [5, 5.41) is 12.6. The molecule has 0 spiro atoms. The molecule has 1 aliphatic rings. The number of carbonyl (C=O) groups excluding carboxylic acids is 4. The molecule has 1 fully saturated rings. The quantitative estimate of drug-likeness (QED) is 0.598. The number of amides is 4. The molecule has 0 aromatic heterocycles. The molecule has 8 nitrogen and oxygen atoms in total. The number of hydrogen-bond acceptors (Lipinski definition) is 6. The summed E-state index contributed by atoms with van der Waals surface area (Å²) < 4.78 is 18.2. The molecule has 1 heterocycles. The van der Waals surface area contributed by atoms with E-state index in [1.165, 1.54) is 30.3 Å². The molecular formula is C19H12FN2O6-. The zero-order chi connectivity index (χ0) is 20.3. The van der Waals surface area contributed by atoms with E-state index in [2.05, 4.69) is 0 Å². The van der Waals surface area contributed by atoms with Gasteiger partial charge in [-0.3, -0.25) is 14.9 Å². The lowest BCUT2D eigenvalue weighted by Crippen LogP contribution is -2.54. The normalized spacial score (nSPS) is 15.5. The largest absolute Gasteiger partial charge is 0.546 e. The second-order valence-electron chi connectivity index (χ2n) is 5.63. The van der Waals surface area contributed by atoms with E-state index in [4.69, 9.17) is 4.74 Å². The van der Waals surface area contributed by atoms with E-state index in [1.807, 2.05) is 5.32 Å². The van der Waals surface area contributed by atoms with Gasteiger partial charge in [0.05, 0.1) is 11.7 Å². The molecule has 2 aromatic rings. The Hall–Kier alpha value is -4.01. The molecule has 0 radical (unpaired) electrons. The average molecular weight is 383 g/mol. The number of halogens is 1. The van der Waals surface area contributed by atoms with Crippen LogP contribution >= 0.6 is 0 Å². The maximum Gasteiger partial charge on any atom is 0.335 e. The molecule has 0 saturated carbocycles. The number of aliphatic carboxylic acids is 1. The van der Waals surface area contributed by atoms with E-state index < -0.39 is 36.2 Å². The molecule has 9 heteroatoms. The Morgan fingerprint density at radius 3 is 2.46 bits per heavy atom. The molecule has 1 N–H and O–H groups in total. The highest BCUT2D eigenvalue weighted by atomic mass is 19.1. The van der Waals surface area contributed by atoms with Gasteiger partial charge in [-0.2, -0.15) is 0 Å². The van der Waals surface area contributed by atoms with Crippen LogP contribution in [0, 0.1) is 5.82 Å². The van der Waals surface area contributed by atoms with E-state index in [1.54, 1.807) is 12.1 Å². The van der Waals surface area contributed by atoms with Crippen molar-refractivity contribution in [1.82, 2.24) is 5.32 Å². The van der Waals surface area contributed by atoms with E-state index >= 15 is 0 Å². The number of carboxylic acid groups (broad SMARTS) is 1. The van der Waals surface area contributed by atoms with Gasteiger partial charge in [0.25, 0.3) is 11.8 Å². The van der Waals surface area contributed by atoms with Crippen LogP contribution in [0.15, 0.2) is 54.1 Å². The molecule has 4 amide bonds. The predicted molar refractivity (Wildman–Crippen MR) is 92.3 cm³/mol. The minimum absolute atomic E-state index is 0.0730. The molecule has 28 heavy (non-hydrogen) atoms. The van der Waals surface area contributed by atoms with Gasteiger partial charge in [0, 0.05) is 5.56 Å². The maximum atomic E-state index is 13.1. The summed E-state index contributed by atoms with van der Waals surface area (Å²) in [4.78, 5) is 48.3. The number of carbonyl (C=O) groups is 4. The Bertz CT molecular complexity index is 1000. The number of hydrogen-bond donors (Lipinski definition) is 1. The topological polar surface area (TPSA) is 116 Å². The summed E-state index contributed by atoms with van der Waals surface area (Å²) in [5.41, 5.74) is -0.0622. The summed E-state index contributed by atoms with van der Waals surface area (Å²) in [5.74, 6) is -3.75. The van der Waals surface area contributed by atoms with Crippen LogP contribution in [-0.2, 0) is 14.4 Å². The maximum absolute atomic E-state index is 13.1. The number of imide groups is 2. The Balaban J connectivity index is 1.98. The smallest absolute Gasteiger partial charge is 0.335 e. The van der Waals surface area contributed by atoms with Gasteiger partial charge in [-0.1, -0.05) is 18.2 Å². The van der Waals surface area contributed by atoms with Crippen molar-refractivity contribution < 1.29 is 33.4 Å². The summed E-state index contributed by atoms with van der Waals surface area (Å²) in [6.45, 7) is -0.722. The number of para-hydroxylation sites is 1. The van der Waals surface area contributed by atoms with Crippen LogP contribution < -0.4 is 20.1 Å². The number of carboxylic acids is 1. The van der Waals surface area contributed by atoms with Crippen molar-refractivity contribution in [2.24, 2.45) is 0 Å². The van der Waals surface area contributed by atoms with Crippen molar-refractivity contribution >= 4 is 35.6 Å². The van der Waals surface area contributed by atoms with Crippen LogP contribution in [-0.4, -0.2) is 30.4 Å². The summed E-state index contributed by atoms with van der Waals surface area (Å²) >= 11 is 0. The van der Waals surface area contributed by atoms with Crippen LogP contribution in [0.25, 0.3) is 6.08 Å². The van der Waals surface area contributed by atoms with E-state index in [0.717, 1.165) is 12.1 Å². The highest BCUT2D eigenvalue weighted by molar-refractivity contribution is 6.39. The Morgan fingerprint density at radius 2 is 1.79 bits per heavy atom. The van der Waals surface area contributed by atoms with Crippen LogP contribution in [0.5, 0.6) is 5.75 Å². The Morgan fingerprint density at radius 1 is 1.11 bits per heavy atom. The van der Waals surface area contributed by atoms with Gasteiger partial charge in [0.15, 0.2) is 0 Å². The molecular weight excluding hydrogens is 371 g/mol. The molecule has 1 aliphatic heterocycles. The molecule has 1 saturated heterocycles. The molecule has 0 atom stereocenters. The number of benzene rings is 2. The first kappa shape index (κ1) is 18.8. The van der Waals surface area contributed by atoms with Crippen molar-refractivity contribution in [3.63, 3.8) is 0 Å². The monoisotopic (exact) mass is 383 g/mol. The number of nitrogens with one attached hydrogen (secondary N) is 1. The van der Waals surface area contributed by atoms with Gasteiger partial charge >= 0.3 is 6.03 Å². The van der Waals surface area contributed by atoms with Crippen molar-refractivity contribution in [2.45, 2.75) is 0 Å². The summed E-state index contributed by atoms with van der Waals surface area (Å²) in [7, 11) is 0. The van der Waals surface area contributed by atoms with Crippen molar-refractivity contribution in [3.05, 3.63) is 65.5 Å². The van der Waals surface area contributed by atoms with E-state index in [9.17, 15) is 28.7 Å². The number of barbiturate groups is 1. The van der Waals surface area contributed by atoms with Gasteiger partial charge in [0.2, 0.25) is 0 Å². The molecule has 0 bridgehead atoms. The lowest BCUT2D eigenvalue weighted by Gasteiger charge is -2.26. The van der Waals surface area contributed by atoms with Gasteiger partial charge in [0.1, 0.15) is 23.7 Å². The minimum Gasteiger partial charge on any atom is -0.546 e. The SMILES string of the molecule is O=C([O-])COc1ccccc1/C=C1/C(=O)NC(=O)N(c2ccc(F)cc2)C1=O. The number of anilines is 1. The fraction of sp³-hybridized carbons (Fsp3) is 0.0526. The number of nitrogens with zero attached hydrogens (tertiary/aromatic N) is 1. The van der Waals surface area contributed by atoms with Crippen molar-refractivity contribution in [3.8, 4) is 5.75 Å². The van der Waals surface area contributed by atoms with E-state index in [0.29, 0.717) is 4.90 Å². The summed E-state index contributed by atoms with van der Waals surface area (Å²) in [6, 6.07) is 9.71. The minimum atomic E-state index is -1.44. The predicted octanol–water partition coefficient (Wildman–Crippen LogP) is 0.621. The zero-order valence-corrected chi connectivity index (χ0v) is 14.2. The van der Waals surface area contributed by atoms with E-state index in [-0.39, 0.29) is 22.6 Å². The van der Waals surface area contributed by atoms with Gasteiger partial charge in [-0.25, -0.2) is 14.1 Å². The number of ether oxygens (including phenoxy) is 1. The Labute approximate surface area is 157 Å². The molecule has 0 aliphatic carbocycles. The number of urea groups is 1. The highest BCUT2D eigenvalue weighted by Gasteiger charge is 2.36. The first-order valence-corrected chi connectivity index (χ1v) is 7.95. The standard InChI is InChI=1S/C19H13FN2O6/c20-12-5-7-13(8-6-12)22-18(26)14(17(25)21-19(22)27)9-11-3-1-2-4-15(11)28-10-16(23)24/h1-9H,10H2,(H,23,24)(H,21,25,27)/p-1/b14-9-. The third-order valence-electron chi connectivity index (χ3n) is 3.75. The van der Waals surface area contributed by atoms with Crippen molar-refractivity contribution in [1.29, 1.82) is 0 Å². The average Bonchev–Trinajstić information content (AvgIpc) is 2.65. The second kappa shape index (κ2) is 7.70. The van der Waals surface area contributed by atoms with Gasteiger partial charge < -0.3 is 14.6 Å². The third kappa shape index (κ3) is 3.88. The van der Waals surface area contributed by atoms with Gasteiger partial charge in [-0.05, 0) is 36.4 Å². The number of rotatable bonds is 5. The van der Waals surface area contributed by atoms with Crippen LogP contribution in [0.1, 0.15) is 5.56 Å². The fourth-order valence-corrected chi connectivity index (χ4v) is 2.51. The summed E-state index contributed by atoms with van der Waals surface area (Å²) in [6.07, 6.45) is 1.17. The first-order valence-electron chi connectivity index (χ1n) is 7.95. The highest BCUT2D eigenvalue weighted by Crippen LogP contribution is 2.25. The van der Waals surface area contributed by atoms with Crippen LogP contribution in [0.4, 0.5) is 14.9 Å². The molecule has 2 aromatic carbocycles. The second-order valence-corrected chi connectivity index (χ2v) is 5.63. The Kier molecular flexibility index (Phi) is 5.16. The van der Waals surface area contributed by atoms with Gasteiger partial charge in [-0.15, -0.1) is 0 Å². The zero-order valence-electron chi connectivity index (χ0n) is 14.2. The molecule has 0 unspecified atom stereocenters. The van der Waals surface area contributed by atoms with Crippen LogP contribution in [0.2, 0.25) is 0 Å². The third-order valence-corrected chi connectivity index (χ3v) is 3.75. The molecule has 3 rings (SSSR count). The van der Waals surface area contributed by atoms with Crippen LogP contribution in [0.3, 0.4) is 0 Å². The first-order chi connectivity index (χ1) is 13.4. The lowest BCUT2D eigenvalue weighted by atomic mass is 10.1. The molecule has 142 valence electrons. The lowest BCUT2D eigenvalue weighted by molar-refractivity contribution is -0.307.